The summed E-state index contributed by atoms with van der Waals surface area (Å²) in [4.78, 5) is 31.3. The second-order valence-corrected chi connectivity index (χ2v) is 8.96. The summed E-state index contributed by atoms with van der Waals surface area (Å²) in [5.74, 6) is 1.24. The minimum atomic E-state index is -0.500. The molecule has 2 aromatic carbocycles. The van der Waals surface area contributed by atoms with Gasteiger partial charge >= 0.3 is 0 Å². The zero-order chi connectivity index (χ0) is 26.6. The van der Waals surface area contributed by atoms with Gasteiger partial charge < -0.3 is 19.4 Å². The SMILES string of the molecule is COCCn1nnnc1C(c1cc2cc(OC)ccc2[nH]c1=O)N1CCN(c2ccc([N+](=O)[O-])cc2)CC1. The average Bonchev–Trinajstić information content (AvgIpc) is 3.40. The van der Waals surface area contributed by atoms with Crippen molar-refractivity contribution < 1.29 is 14.4 Å². The van der Waals surface area contributed by atoms with Crippen LogP contribution in [0.15, 0.2) is 53.3 Å². The van der Waals surface area contributed by atoms with E-state index < -0.39 is 11.0 Å². The van der Waals surface area contributed by atoms with Crippen molar-refractivity contribution in [2.45, 2.75) is 12.6 Å². The monoisotopic (exact) mass is 520 g/mol. The van der Waals surface area contributed by atoms with Gasteiger partial charge in [0.05, 0.1) is 25.2 Å². The number of aromatic nitrogens is 5. The molecule has 1 aliphatic rings. The van der Waals surface area contributed by atoms with Crippen molar-refractivity contribution in [1.82, 2.24) is 30.1 Å². The maximum Gasteiger partial charge on any atom is 0.269 e. The molecule has 3 heterocycles. The minimum Gasteiger partial charge on any atom is -0.497 e. The number of tetrazole rings is 1. The lowest BCUT2D eigenvalue weighted by atomic mass is 10.0. The molecule has 5 rings (SSSR count). The first-order valence-corrected chi connectivity index (χ1v) is 12.2. The van der Waals surface area contributed by atoms with Gasteiger partial charge in [-0.1, -0.05) is 0 Å². The average molecular weight is 521 g/mol. The maximum atomic E-state index is 13.4. The Morgan fingerprint density at radius 1 is 1.08 bits per heavy atom. The highest BCUT2D eigenvalue weighted by Crippen LogP contribution is 2.30. The molecule has 1 saturated heterocycles. The van der Waals surface area contributed by atoms with E-state index in [1.54, 1.807) is 37.1 Å². The quantitative estimate of drug-likeness (QED) is 0.257. The van der Waals surface area contributed by atoms with Crippen LogP contribution in [-0.4, -0.2) is 82.0 Å². The molecule has 1 N–H and O–H groups in total. The van der Waals surface area contributed by atoms with E-state index in [1.165, 1.54) is 12.1 Å². The number of pyridine rings is 1. The van der Waals surface area contributed by atoms with E-state index in [4.69, 9.17) is 9.47 Å². The summed E-state index contributed by atoms with van der Waals surface area (Å²) in [6, 6.07) is 13.4. The first kappa shape index (κ1) is 25.3. The van der Waals surface area contributed by atoms with Crippen LogP contribution in [0.5, 0.6) is 5.75 Å². The smallest absolute Gasteiger partial charge is 0.269 e. The maximum absolute atomic E-state index is 13.4. The van der Waals surface area contributed by atoms with Gasteiger partial charge in [-0.25, -0.2) is 4.68 Å². The standard InChI is InChI=1S/C25H28N8O5/c1-37-14-13-32-24(27-28-29-32)23(21-16-17-15-20(38-2)7-8-22(17)26-25(21)34)31-11-9-30(10-12-31)18-3-5-19(6-4-18)33(35)36/h3-8,15-16,23H,9-14H2,1-2H3,(H,26,34). The van der Waals surface area contributed by atoms with Crippen molar-refractivity contribution in [3.8, 4) is 5.75 Å². The van der Waals surface area contributed by atoms with Crippen LogP contribution in [0, 0.1) is 10.1 Å². The number of nitro groups is 1. The van der Waals surface area contributed by atoms with Crippen molar-refractivity contribution in [1.29, 1.82) is 0 Å². The number of benzene rings is 2. The van der Waals surface area contributed by atoms with Gasteiger partial charge in [0.1, 0.15) is 11.8 Å². The molecule has 1 unspecified atom stereocenters. The van der Waals surface area contributed by atoms with Crippen LogP contribution in [0.2, 0.25) is 0 Å². The molecule has 0 bridgehead atoms. The number of rotatable bonds is 9. The molecule has 0 aliphatic carbocycles. The summed E-state index contributed by atoms with van der Waals surface area (Å²) in [6.45, 7) is 3.42. The summed E-state index contributed by atoms with van der Waals surface area (Å²) >= 11 is 0. The van der Waals surface area contributed by atoms with Crippen LogP contribution in [0.3, 0.4) is 0 Å². The van der Waals surface area contributed by atoms with Gasteiger partial charge in [-0.15, -0.1) is 5.10 Å². The first-order chi connectivity index (χ1) is 18.5. The van der Waals surface area contributed by atoms with Gasteiger partial charge in [-0.2, -0.15) is 0 Å². The summed E-state index contributed by atoms with van der Waals surface area (Å²) in [5, 5.41) is 24.2. The lowest BCUT2D eigenvalue weighted by Crippen LogP contribution is -2.49. The van der Waals surface area contributed by atoms with Crippen LogP contribution >= 0.6 is 0 Å². The third kappa shape index (κ3) is 5.06. The Morgan fingerprint density at radius 2 is 1.84 bits per heavy atom. The van der Waals surface area contributed by atoms with Gasteiger partial charge in [0.15, 0.2) is 5.82 Å². The lowest BCUT2D eigenvalue weighted by Gasteiger charge is -2.39. The highest BCUT2D eigenvalue weighted by Gasteiger charge is 2.33. The van der Waals surface area contributed by atoms with Crippen LogP contribution in [0.1, 0.15) is 17.4 Å². The van der Waals surface area contributed by atoms with E-state index in [-0.39, 0.29) is 11.2 Å². The van der Waals surface area contributed by atoms with E-state index in [1.807, 2.05) is 18.2 Å². The van der Waals surface area contributed by atoms with Crippen molar-refractivity contribution in [3.63, 3.8) is 0 Å². The zero-order valence-electron chi connectivity index (χ0n) is 21.1. The Balaban J connectivity index is 1.48. The predicted octanol–water partition coefficient (Wildman–Crippen LogP) is 1.99. The highest BCUT2D eigenvalue weighted by molar-refractivity contribution is 5.80. The Bertz CT molecular complexity index is 1480. The van der Waals surface area contributed by atoms with Crippen LogP contribution in [-0.2, 0) is 11.3 Å². The fourth-order valence-electron chi connectivity index (χ4n) is 4.80. The summed E-state index contributed by atoms with van der Waals surface area (Å²) < 4.78 is 12.3. The third-order valence-corrected chi connectivity index (χ3v) is 6.79. The minimum absolute atomic E-state index is 0.0579. The Hall–Kier alpha value is -4.36. The molecule has 198 valence electrons. The molecule has 38 heavy (non-hydrogen) atoms. The van der Waals surface area contributed by atoms with Crippen molar-refractivity contribution in [2.75, 3.05) is 51.9 Å². The van der Waals surface area contributed by atoms with Gasteiger partial charge in [-0.05, 0) is 46.8 Å². The number of piperazine rings is 1. The molecule has 0 radical (unpaired) electrons. The number of nitro benzene ring substituents is 1. The number of hydrogen-bond donors (Lipinski definition) is 1. The molecule has 0 spiro atoms. The van der Waals surface area contributed by atoms with Crippen molar-refractivity contribution in [2.24, 2.45) is 0 Å². The number of non-ortho nitro benzene ring substituents is 1. The Labute approximate surface area is 217 Å². The first-order valence-electron chi connectivity index (χ1n) is 12.2. The number of nitrogens with one attached hydrogen (secondary N) is 1. The van der Waals surface area contributed by atoms with Gasteiger partial charge in [0.2, 0.25) is 0 Å². The number of ether oxygens (including phenoxy) is 2. The zero-order valence-corrected chi connectivity index (χ0v) is 21.1. The molecule has 0 amide bonds. The van der Waals surface area contributed by atoms with Crippen LogP contribution in [0.25, 0.3) is 10.9 Å². The molecule has 1 aliphatic heterocycles. The predicted molar refractivity (Wildman–Crippen MR) is 140 cm³/mol. The van der Waals surface area contributed by atoms with Crippen LogP contribution < -0.4 is 15.2 Å². The number of anilines is 1. The van der Waals surface area contributed by atoms with Crippen molar-refractivity contribution >= 4 is 22.3 Å². The highest BCUT2D eigenvalue weighted by atomic mass is 16.6. The van der Waals surface area contributed by atoms with Gasteiger partial charge in [-0.3, -0.25) is 19.8 Å². The van der Waals surface area contributed by atoms with E-state index in [0.717, 1.165) is 11.1 Å². The molecular weight excluding hydrogens is 492 g/mol. The topological polar surface area (TPSA) is 145 Å². The molecule has 1 atom stereocenters. The molecular formula is C25H28N8O5. The number of hydrogen-bond acceptors (Lipinski definition) is 10. The van der Waals surface area contributed by atoms with E-state index in [2.05, 4.69) is 30.3 Å². The molecule has 2 aromatic heterocycles. The normalized spacial score (nSPS) is 15.1. The molecule has 0 saturated carbocycles. The number of H-pyrrole nitrogens is 1. The number of aromatic amines is 1. The number of methoxy groups -OCH3 is 2. The van der Waals surface area contributed by atoms with Crippen molar-refractivity contribution in [3.05, 3.63) is 80.4 Å². The second kappa shape index (κ2) is 10.9. The Morgan fingerprint density at radius 3 is 2.53 bits per heavy atom. The van der Waals surface area contributed by atoms with Gasteiger partial charge in [0.25, 0.3) is 11.2 Å². The Kier molecular flexibility index (Phi) is 7.29. The lowest BCUT2D eigenvalue weighted by molar-refractivity contribution is -0.384. The summed E-state index contributed by atoms with van der Waals surface area (Å²) in [7, 11) is 3.21. The van der Waals surface area contributed by atoms with Crippen LogP contribution in [0.4, 0.5) is 11.4 Å². The molecule has 4 aromatic rings. The summed E-state index contributed by atoms with van der Waals surface area (Å²) in [5.41, 5.74) is 1.99. The van der Waals surface area contributed by atoms with E-state index in [9.17, 15) is 14.9 Å². The van der Waals surface area contributed by atoms with E-state index >= 15 is 0 Å². The molecule has 13 nitrogen and oxygen atoms in total. The summed E-state index contributed by atoms with van der Waals surface area (Å²) in [6.07, 6.45) is 0. The largest absolute Gasteiger partial charge is 0.497 e. The second-order valence-electron chi connectivity index (χ2n) is 8.96. The molecule has 13 heteroatoms. The van der Waals surface area contributed by atoms with Gasteiger partial charge in [0, 0.05) is 67.6 Å². The molecule has 1 fully saturated rings. The fourth-order valence-corrected chi connectivity index (χ4v) is 4.80. The number of nitrogens with zero attached hydrogens (tertiary/aromatic N) is 7. The van der Waals surface area contributed by atoms with E-state index in [0.29, 0.717) is 62.0 Å². The third-order valence-electron chi connectivity index (χ3n) is 6.79. The fraction of sp³-hybridized carbons (Fsp3) is 0.360. The number of fused-ring (bicyclic) bond motifs is 1.